The monoisotopic (exact) mass is 374 g/mol. The Hall–Kier alpha value is -2.12. The van der Waals surface area contributed by atoms with Crippen LogP contribution in [0.2, 0.25) is 0 Å². The summed E-state index contributed by atoms with van der Waals surface area (Å²) >= 11 is 0. The molecule has 27 heavy (non-hydrogen) atoms. The van der Waals surface area contributed by atoms with Crippen LogP contribution >= 0.6 is 0 Å². The molecule has 2 aromatic rings. The molecule has 2 N–H and O–H groups in total. The molecule has 0 aliphatic carbocycles. The Labute approximate surface area is 159 Å². The lowest BCUT2D eigenvalue weighted by atomic mass is 10.0. The first-order chi connectivity index (χ1) is 12.9. The maximum Gasteiger partial charge on any atom is 0.164 e. The van der Waals surface area contributed by atoms with Crippen molar-refractivity contribution in [1.29, 1.82) is 0 Å². The molecule has 0 radical (unpaired) electrons. The minimum Gasteiger partial charge on any atom is -0.491 e. The molecule has 0 unspecified atom stereocenters. The molecule has 1 fully saturated rings. The number of para-hydroxylation sites is 2. The quantitative estimate of drug-likeness (QED) is 0.739. The third-order valence-corrected chi connectivity index (χ3v) is 4.25. The van der Waals surface area contributed by atoms with Gasteiger partial charge in [0.25, 0.3) is 0 Å². The van der Waals surface area contributed by atoms with E-state index in [1.807, 2.05) is 60.7 Å². The smallest absolute Gasteiger partial charge is 0.164 e. The second kappa shape index (κ2) is 8.71. The van der Waals surface area contributed by atoms with Gasteiger partial charge in [0.2, 0.25) is 0 Å². The first kappa shape index (κ1) is 19.6. The van der Waals surface area contributed by atoms with Crippen molar-refractivity contribution in [3.05, 3.63) is 60.7 Å². The molecule has 4 atom stereocenters. The van der Waals surface area contributed by atoms with Gasteiger partial charge in [-0.25, -0.2) is 0 Å². The van der Waals surface area contributed by atoms with E-state index < -0.39 is 30.2 Å². The normalized spacial score (nSPS) is 23.6. The molecule has 0 spiro atoms. The Bertz CT molecular complexity index is 631. The van der Waals surface area contributed by atoms with Gasteiger partial charge in [-0.3, -0.25) is 0 Å². The zero-order valence-electron chi connectivity index (χ0n) is 15.5. The van der Waals surface area contributed by atoms with Crippen LogP contribution < -0.4 is 9.47 Å². The number of aliphatic hydroxyl groups is 2. The van der Waals surface area contributed by atoms with Crippen LogP contribution in [0, 0.1) is 0 Å². The lowest BCUT2D eigenvalue weighted by Crippen LogP contribution is -2.46. The van der Waals surface area contributed by atoms with Crippen molar-refractivity contribution < 1.29 is 29.2 Å². The van der Waals surface area contributed by atoms with Gasteiger partial charge in [-0.2, -0.15) is 0 Å². The molecule has 1 heterocycles. The Morgan fingerprint density at radius 1 is 0.778 bits per heavy atom. The van der Waals surface area contributed by atoms with E-state index in [9.17, 15) is 10.2 Å². The minimum atomic E-state index is -0.969. The fourth-order valence-electron chi connectivity index (χ4n) is 3.00. The molecular formula is C21H26O6. The summed E-state index contributed by atoms with van der Waals surface area (Å²) < 4.78 is 22.8. The molecule has 6 heteroatoms. The highest BCUT2D eigenvalue weighted by Crippen LogP contribution is 2.32. The van der Waals surface area contributed by atoms with Crippen molar-refractivity contribution in [1.82, 2.24) is 0 Å². The van der Waals surface area contributed by atoms with Crippen molar-refractivity contribution in [2.24, 2.45) is 0 Å². The molecule has 3 rings (SSSR count). The summed E-state index contributed by atoms with van der Waals surface area (Å²) in [7, 11) is 0. The van der Waals surface area contributed by atoms with Gasteiger partial charge >= 0.3 is 0 Å². The maximum atomic E-state index is 10.6. The summed E-state index contributed by atoms with van der Waals surface area (Å²) in [5, 5.41) is 21.1. The van der Waals surface area contributed by atoms with Crippen molar-refractivity contribution in [2.75, 3.05) is 13.2 Å². The maximum absolute atomic E-state index is 10.6. The second-order valence-electron chi connectivity index (χ2n) is 6.95. The lowest BCUT2D eigenvalue weighted by molar-refractivity contribution is -0.162. The average molecular weight is 374 g/mol. The van der Waals surface area contributed by atoms with Crippen LogP contribution in [0.5, 0.6) is 11.5 Å². The van der Waals surface area contributed by atoms with Gasteiger partial charge in [0.05, 0.1) is 0 Å². The fraction of sp³-hybridized carbons (Fsp3) is 0.429. The zero-order chi connectivity index (χ0) is 19.3. The number of benzene rings is 2. The standard InChI is InChI=1S/C21H26O6/c1-21(2)26-19(17(22)13-24-15-9-5-3-6-10-15)20(27-21)18(23)14-25-16-11-7-4-8-12-16/h3-12,17-20,22-23H,13-14H2,1-2H3/t17-,18-,19+,20+/m0/s1. The Morgan fingerprint density at radius 2 is 1.15 bits per heavy atom. The lowest BCUT2D eigenvalue weighted by Gasteiger charge is -2.25. The molecule has 6 nitrogen and oxygen atoms in total. The van der Waals surface area contributed by atoms with Crippen molar-refractivity contribution >= 4 is 0 Å². The third kappa shape index (κ3) is 5.43. The van der Waals surface area contributed by atoms with Gasteiger partial charge in [-0.15, -0.1) is 0 Å². The summed E-state index contributed by atoms with van der Waals surface area (Å²) in [5.74, 6) is 0.384. The summed E-state index contributed by atoms with van der Waals surface area (Å²) in [4.78, 5) is 0. The van der Waals surface area contributed by atoms with Crippen molar-refractivity contribution in [2.45, 2.75) is 44.1 Å². The van der Waals surface area contributed by atoms with Gasteiger partial charge in [0.1, 0.15) is 49.1 Å². The summed E-state index contributed by atoms with van der Waals surface area (Å²) in [6.07, 6.45) is -3.41. The molecule has 0 aromatic heterocycles. The molecular weight excluding hydrogens is 348 g/mol. The fourth-order valence-corrected chi connectivity index (χ4v) is 3.00. The zero-order valence-corrected chi connectivity index (χ0v) is 15.5. The highest BCUT2D eigenvalue weighted by atomic mass is 16.8. The van der Waals surface area contributed by atoms with Crippen molar-refractivity contribution in [3.63, 3.8) is 0 Å². The highest BCUT2D eigenvalue weighted by molar-refractivity contribution is 5.21. The number of ether oxygens (including phenoxy) is 4. The van der Waals surface area contributed by atoms with E-state index in [2.05, 4.69) is 0 Å². The topological polar surface area (TPSA) is 77.4 Å². The minimum absolute atomic E-state index is 0.0247. The number of hydrogen-bond acceptors (Lipinski definition) is 6. The molecule has 2 aromatic carbocycles. The predicted molar refractivity (Wildman–Crippen MR) is 99.7 cm³/mol. The van der Waals surface area contributed by atoms with Crippen LogP contribution in [0.4, 0.5) is 0 Å². The molecule has 1 aliphatic rings. The number of aliphatic hydroxyl groups excluding tert-OH is 2. The van der Waals surface area contributed by atoms with Gasteiger partial charge in [-0.1, -0.05) is 36.4 Å². The molecule has 1 saturated heterocycles. The van der Waals surface area contributed by atoms with Crippen LogP contribution in [0.3, 0.4) is 0 Å². The second-order valence-corrected chi connectivity index (χ2v) is 6.95. The van der Waals surface area contributed by atoms with E-state index >= 15 is 0 Å². The van der Waals surface area contributed by atoms with Crippen LogP contribution in [-0.2, 0) is 9.47 Å². The number of rotatable bonds is 8. The largest absolute Gasteiger partial charge is 0.491 e. The van der Waals surface area contributed by atoms with E-state index in [-0.39, 0.29) is 13.2 Å². The molecule has 0 bridgehead atoms. The summed E-state index contributed by atoms with van der Waals surface area (Å²) in [6.45, 7) is 3.54. The van der Waals surface area contributed by atoms with Crippen LogP contribution in [0.15, 0.2) is 60.7 Å². The first-order valence-electron chi connectivity index (χ1n) is 9.02. The van der Waals surface area contributed by atoms with Crippen LogP contribution in [0.1, 0.15) is 13.8 Å². The van der Waals surface area contributed by atoms with Gasteiger partial charge in [0, 0.05) is 0 Å². The van der Waals surface area contributed by atoms with E-state index in [1.165, 1.54) is 0 Å². The molecule has 146 valence electrons. The third-order valence-electron chi connectivity index (χ3n) is 4.25. The van der Waals surface area contributed by atoms with Crippen LogP contribution in [-0.4, -0.2) is 53.6 Å². The highest BCUT2D eigenvalue weighted by Gasteiger charge is 2.48. The van der Waals surface area contributed by atoms with E-state index in [1.54, 1.807) is 13.8 Å². The SMILES string of the molecule is CC1(C)O[C@H]([C@@H](O)COc2ccccc2)[C@@H]([C@@H](O)COc2ccccc2)O1. The summed E-state index contributed by atoms with van der Waals surface area (Å²) in [5.41, 5.74) is 0. The predicted octanol–water partition coefficient (Wildman–Crippen LogP) is 2.39. The average Bonchev–Trinajstić information content (AvgIpc) is 3.01. The summed E-state index contributed by atoms with van der Waals surface area (Å²) in [6, 6.07) is 18.4. The van der Waals surface area contributed by atoms with Gasteiger partial charge < -0.3 is 29.2 Å². The van der Waals surface area contributed by atoms with E-state index in [4.69, 9.17) is 18.9 Å². The van der Waals surface area contributed by atoms with E-state index in [0.29, 0.717) is 11.5 Å². The molecule has 0 amide bonds. The van der Waals surface area contributed by atoms with E-state index in [0.717, 1.165) is 0 Å². The molecule has 1 aliphatic heterocycles. The first-order valence-corrected chi connectivity index (χ1v) is 9.02. The van der Waals surface area contributed by atoms with Crippen LogP contribution in [0.25, 0.3) is 0 Å². The van der Waals surface area contributed by atoms with Crippen molar-refractivity contribution in [3.8, 4) is 11.5 Å². The van der Waals surface area contributed by atoms with Gasteiger partial charge in [-0.05, 0) is 38.1 Å². The Morgan fingerprint density at radius 3 is 1.52 bits per heavy atom. The number of hydrogen-bond donors (Lipinski definition) is 2. The Balaban J connectivity index is 1.59. The Kier molecular flexibility index (Phi) is 6.34. The van der Waals surface area contributed by atoms with Gasteiger partial charge in [0.15, 0.2) is 5.79 Å². The molecule has 0 saturated carbocycles.